The minimum atomic E-state index is 0.444. The molecule has 1 heterocycles. The van der Waals surface area contributed by atoms with Crippen LogP contribution in [0.25, 0.3) is 0 Å². The van der Waals surface area contributed by atoms with E-state index in [9.17, 15) is 0 Å². The summed E-state index contributed by atoms with van der Waals surface area (Å²) in [6.07, 6.45) is 0. The van der Waals surface area contributed by atoms with Crippen molar-refractivity contribution >= 4 is 11.3 Å². The van der Waals surface area contributed by atoms with Crippen LogP contribution in [-0.2, 0) is 11.3 Å². The van der Waals surface area contributed by atoms with E-state index in [4.69, 9.17) is 9.47 Å². The lowest BCUT2D eigenvalue weighted by molar-refractivity contribution is 0.198. The molecule has 4 nitrogen and oxygen atoms in total. The number of methoxy groups -OCH3 is 2. The van der Waals surface area contributed by atoms with Gasteiger partial charge in [-0.1, -0.05) is 0 Å². The molecule has 0 spiro atoms. The van der Waals surface area contributed by atoms with Crippen LogP contribution in [0.3, 0.4) is 0 Å². The molecule has 0 aliphatic heterocycles. The molecule has 1 aromatic rings. The maximum absolute atomic E-state index is 5.15. The zero-order valence-electron chi connectivity index (χ0n) is 10.8. The Morgan fingerprint density at radius 1 is 1.41 bits per heavy atom. The molecule has 0 amide bonds. The van der Waals surface area contributed by atoms with Crippen molar-refractivity contribution in [2.24, 2.45) is 0 Å². The molecule has 0 radical (unpaired) electrons. The van der Waals surface area contributed by atoms with Crippen molar-refractivity contribution in [1.29, 1.82) is 0 Å². The molecule has 0 aliphatic rings. The summed E-state index contributed by atoms with van der Waals surface area (Å²) >= 11 is 1.72. The van der Waals surface area contributed by atoms with Gasteiger partial charge in [-0.15, -0.1) is 11.3 Å². The first-order valence-corrected chi connectivity index (χ1v) is 6.68. The molecule has 2 N–H and O–H groups in total. The molecule has 1 unspecified atom stereocenters. The molecule has 0 fully saturated rings. The Kier molecular flexibility index (Phi) is 7.19. The third kappa shape index (κ3) is 6.02. The van der Waals surface area contributed by atoms with E-state index >= 15 is 0 Å². The van der Waals surface area contributed by atoms with Crippen molar-refractivity contribution < 1.29 is 9.47 Å². The molecule has 98 valence electrons. The zero-order chi connectivity index (χ0) is 12.5. The molecule has 5 heteroatoms. The van der Waals surface area contributed by atoms with Crippen LogP contribution in [0, 0.1) is 0 Å². The summed E-state index contributed by atoms with van der Waals surface area (Å²) in [6.45, 7) is 5.67. The highest BCUT2D eigenvalue weighted by molar-refractivity contribution is 7.10. The average molecular weight is 258 g/mol. The van der Waals surface area contributed by atoms with Gasteiger partial charge in [0.1, 0.15) is 5.75 Å². The molecule has 0 saturated heterocycles. The van der Waals surface area contributed by atoms with Crippen LogP contribution in [0.5, 0.6) is 5.75 Å². The van der Waals surface area contributed by atoms with Crippen LogP contribution >= 0.6 is 11.3 Å². The minimum Gasteiger partial charge on any atom is -0.496 e. The van der Waals surface area contributed by atoms with Gasteiger partial charge in [-0.05, 0) is 13.0 Å². The largest absolute Gasteiger partial charge is 0.496 e. The fraction of sp³-hybridized carbons (Fsp3) is 0.667. The van der Waals surface area contributed by atoms with Gasteiger partial charge in [-0.25, -0.2) is 0 Å². The van der Waals surface area contributed by atoms with E-state index in [-0.39, 0.29) is 0 Å². The molecule has 0 bridgehead atoms. The summed E-state index contributed by atoms with van der Waals surface area (Å²) in [5, 5.41) is 8.82. The van der Waals surface area contributed by atoms with Gasteiger partial charge in [-0.2, -0.15) is 0 Å². The summed E-state index contributed by atoms with van der Waals surface area (Å²) < 4.78 is 10.1. The molecule has 1 rings (SSSR count). The standard InChI is InChI=1S/C12H22N2O2S/c1-10(7-13-4-5-15-2)14-8-12-6-11(16-3)9-17-12/h6,9-10,13-14H,4-5,7-8H2,1-3H3. The average Bonchev–Trinajstić information content (AvgIpc) is 2.80. The summed E-state index contributed by atoms with van der Waals surface area (Å²) in [6, 6.07) is 2.52. The summed E-state index contributed by atoms with van der Waals surface area (Å²) in [5.41, 5.74) is 0. The Morgan fingerprint density at radius 2 is 2.24 bits per heavy atom. The van der Waals surface area contributed by atoms with E-state index < -0.39 is 0 Å². The van der Waals surface area contributed by atoms with E-state index in [1.807, 2.05) is 5.38 Å². The second kappa shape index (κ2) is 8.47. The third-order valence-electron chi connectivity index (χ3n) is 2.42. The first-order chi connectivity index (χ1) is 8.26. The number of rotatable bonds is 9. The van der Waals surface area contributed by atoms with Crippen molar-refractivity contribution in [2.45, 2.75) is 19.5 Å². The van der Waals surface area contributed by atoms with Crippen molar-refractivity contribution in [3.05, 3.63) is 16.3 Å². The van der Waals surface area contributed by atoms with E-state index in [1.165, 1.54) is 4.88 Å². The molecular formula is C12H22N2O2S. The maximum Gasteiger partial charge on any atom is 0.129 e. The minimum absolute atomic E-state index is 0.444. The topological polar surface area (TPSA) is 42.5 Å². The highest BCUT2D eigenvalue weighted by Gasteiger charge is 2.03. The van der Waals surface area contributed by atoms with E-state index in [1.54, 1.807) is 25.6 Å². The predicted octanol–water partition coefficient (Wildman–Crippen LogP) is 1.47. The predicted molar refractivity (Wildman–Crippen MR) is 71.9 cm³/mol. The lowest BCUT2D eigenvalue weighted by Gasteiger charge is -2.13. The van der Waals surface area contributed by atoms with Crippen molar-refractivity contribution in [2.75, 3.05) is 33.9 Å². The van der Waals surface area contributed by atoms with Gasteiger partial charge in [0.05, 0.1) is 13.7 Å². The van der Waals surface area contributed by atoms with Gasteiger partial charge in [0.15, 0.2) is 0 Å². The number of ether oxygens (including phenoxy) is 2. The SMILES string of the molecule is COCCNCC(C)NCc1cc(OC)cs1. The van der Waals surface area contributed by atoms with Crippen LogP contribution in [0.15, 0.2) is 11.4 Å². The second-order valence-electron chi connectivity index (χ2n) is 3.93. The molecular weight excluding hydrogens is 236 g/mol. The van der Waals surface area contributed by atoms with Crippen LogP contribution < -0.4 is 15.4 Å². The molecule has 0 saturated carbocycles. The quantitative estimate of drug-likeness (QED) is 0.658. The van der Waals surface area contributed by atoms with Crippen LogP contribution in [0.2, 0.25) is 0 Å². The van der Waals surface area contributed by atoms with Crippen LogP contribution in [0.1, 0.15) is 11.8 Å². The van der Waals surface area contributed by atoms with Crippen molar-refractivity contribution in [3.8, 4) is 5.75 Å². The van der Waals surface area contributed by atoms with Gasteiger partial charge in [0.25, 0.3) is 0 Å². The zero-order valence-corrected chi connectivity index (χ0v) is 11.6. The van der Waals surface area contributed by atoms with Gasteiger partial charge < -0.3 is 20.1 Å². The summed E-state index contributed by atoms with van der Waals surface area (Å²) in [4.78, 5) is 1.30. The van der Waals surface area contributed by atoms with Gasteiger partial charge >= 0.3 is 0 Å². The first kappa shape index (κ1) is 14.4. The highest BCUT2D eigenvalue weighted by Crippen LogP contribution is 2.20. The Labute approximate surface area is 107 Å². The number of hydrogen-bond donors (Lipinski definition) is 2. The smallest absolute Gasteiger partial charge is 0.129 e. The normalized spacial score (nSPS) is 12.6. The molecule has 1 atom stereocenters. The van der Waals surface area contributed by atoms with Crippen molar-refractivity contribution in [3.63, 3.8) is 0 Å². The Hall–Kier alpha value is -0.620. The van der Waals surface area contributed by atoms with E-state index in [0.717, 1.165) is 32.0 Å². The molecule has 17 heavy (non-hydrogen) atoms. The van der Waals surface area contributed by atoms with Gasteiger partial charge in [0, 0.05) is 43.0 Å². The van der Waals surface area contributed by atoms with Crippen LogP contribution in [-0.4, -0.2) is 40.0 Å². The Balaban J connectivity index is 2.12. The fourth-order valence-corrected chi connectivity index (χ4v) is 2.18. The van der Waals surface area contributed by atoms with Gasteiger partial charge in [-0.3, -0.25) is 0 Å². The van der Waals surface area contributed by atoms with Crippen molar-refractivity contribution in [1.82, 2.24) is 10.6 Å². The van der Waals surface area contributed by atoms with E-state index in [2.05, 4.69) is 23.6 Å². The lowest BCUT2D eigenvalue weighted by Crippen LogP contribution is -2.36. The number of hydrogen-bond acceptors (Lipinski definition) is 5. The first-order valence-electron chi connectivity index (χ1n) is 5.80. The molecule has 1 aromatic heterocycles. The third-order valence-corrected chi connectivity index (χ3v) is 3.34. The number of nitrogens with one attached hydrogen (secondary N) is 2. The van der Waals surface area contributed by atoms with E-state index in [0.29, 0.717) is 6.04 Å². The molecule has 0 aromatic carbocycles. The van der Waals surface area contributed by atoms with Gasteiger partial charge in [0.2, 0.25) is 0 Å². The Bertz CT molecular complexity index is 304. The number of thiophene rings is 1. The second-order valence-corrected chi connectivity index (χ2v) is 4.93. The summed E-state index contributed by atoms with van der Waals surface area (Å²) in [7, 11) is 3.41. The maximum atomic E-state index is 5.15. The van der Waals surface area contributed by atoms with Crippen LogP contribution in [0.4, 0.5) is 0 Å². The Morgan fingerprint density at radius 3 is 2.88 bits per heavy atom. The fourth-order valence-electron chi connectivity index (χ4n) is 1.40. The lowest BCUT2D eigenvalue weighted by atomic mass is 10.3. The highest BCUT2D eigenvalue weighted by atomic mass is 32.1. The summed E-state index contributed by atoms with van der Waals surface area (Å²) in [5.74, 6) is 0.942. The molecule has 0 aliphatic carbocycles. The monoisotopic (exact) mass is 258 g/mol.